The molecule has 0 aromatic heterocycles. The van der Waals surface area contributed by atoms with E-state index >= 15 is 0 Å². The molecule has 0 radical (unpaired) electrons. The van der Waals surface area contributed by atoms with Gasteiger partial charge in [-0.15, -0.1) is 0 Å². The summed E-state index contributed by atoms with van der Waals surface area (Å²) in [6, 6.07) is 0. The monoisotopic (exact) mass is 195 g/mol. The van der Waals surface area contributed by atoms with E-state index < -0.39 is 0 Å². The van der Waals surface area contributed by atoms with Gasteiger partial charge in [0.05, 0.1) is 6.61 Å². The van der Waals surface area contributed by atoms with Gasteiger partial charge in [-0.05, 0) is 30.1 Å². The van der Waals surface area contributed by atoms with Gasteiger partial charge < -0.3 is 4.84 Å². The van der Waals surface area contributed by atoms with Crippen LogP contribution < -0.4 is 5.90 Å². The molecule has 1 saturated carbocycles. The van der Waals surface area contributed by atoms with Gasteiger partial charge >= 0.3 is 0 Å². The minimum absolute atomic E-state index is 0.491. The van der Waals surface area contributed by atoms with Gasteiger partial charge in [0.25, 0.3) is 0 Å². The molecule has 3 aliphatic carbocycles. The van der Waals surface area contributed by atoms with Crippen molar-refractivity contribution in [2.45, 2.75) is 33.6 Å². The molecule has 0 spiro atoms. The standard InChI is InChI=1S/C12H21NO/c1-8(7-14-13)10-5-4-9-6-11(10)12(9,2)3/h5,8-9,11H,4,6-7,13H2,1-3H3. The third-order valence-corrected chi connectivity index (χ3v) is 4.43. The SMILES string of the molecule is CC(CON)C1=CCC2CC1C2(C)C. The summed E-state index contributed by atoms with van der Waals surface area (Å²) in [7, 11) is 0. The first-order valence-electron chi connectivity index (χ1n) is 5.59. The van der Waals surface area contributed by atoms with Crippen molar-refractivity contribution in [1.82, 2.24) is 0 Å². The average Bonchev–Trinajstić information content (AvgIpc) is 2.18. The lowest BCUT2D eigenvalue weighted by atomic mass is 9.48. The van der Waals surface area contributed by atoms with E-state index in [4.69, 9.17) is 10.7 Å². The van der Waals surface area contributed by atoms with Crippen LogP contribution in [0.4, 0.5) is 0 Å². The molecule has 3 rings (SSSR count). The van der Waals surface area contributed by atoms with Crippen molar-refractivity contribution in [3.63, 3.8) is 0 Å². The second-order valence-electron chi connectivity index (χ2n) is 5.48. The van der Waals surface area contributed by atoms with Gasteiger partial charge in [0, 0.05) is 5.92 Å². The molecule has 3 aliphatic rings. The van der Waals surface area contributed by atoms with Gasteiger partial charge in [-0.1, -0.05) is 32.4 Å². The molecular formula is C12H21NO. The topological polar surface area (TPSA) is 35.2 Å². The summed E-state index contributed by atoms with van der Waals surface area (Å²) >= 11 is 0. The zero-order valence-electron chi connectivity index (χ0n) is 9.42. The molecule has 2 N–H and O–H groups in total. The molecule has 80 valence electrons. The summed E-state index contributed by atoms with van der Waals surface area (Å²) in [5.74, 6) is 7.33. The first-order valence-corrected chi connectivity index (χ1v) is 5.59. The largest absolute Gasteiger partial charge is 0.304 e. The molecule has 2 nitrogen and oxygen atoms in total. The molecule has 3 atom stereocenters. The van der Waals surface area contributed by atoms with Crippen molar-refractivity contribution in [3.8, 4) is 0 Å². The van der Waals surface area contributed by atoms with E-state index in [0.717, 1.165) is 11.8 Å². The lowest BCUT2D eigenvalue weighted by Gasteiger charge is -2.57. The molecule has 0 aromatic rings. The number of hydrogen-bond acceptors (Lipinski definition) is 2. The number of nitrogens with two attached hydrogens (primary N) is 1. The predicted octanol–water partition coefficient (Wildman–Crippen LogP) is 2.51. The van der Waals surface area contributed by atoms with Gasteiger partial charge in [-0.25, -0.2) is 5.90 Å². The molecule has 0 aromatic carbocycles. The molecule has 0 amide bonds. The number of rotatable bonds is 3. The van der Waals surface area contributed by atoms with Crippen LogP contribution in [0.2, 0.25) is 0 Å². The Morgan fingerprint density at radius 3 is 2.86 bits per heavy atom. The third kappa shape index (κ3) is 1.32. The van der Waals surface area contributed by atoms with Crippen LogP contribution in [0.25, 0.3) is 0 Å². The van der Waals surface area contributed by atoms with Gasteiger partial charge in [0.2, 0.25) is 0 Å². The Hall–Kier alpha value is -0.340. The summed E-state index contributed by atoms with van der Waals surface area (Å²) in [5.41, 5.74) is 2.11. The maximum atomic E-state index is 5.13. The van der Waals surface area contributed by atoms with Gasteiger partial charge in [0.1, 0.15) is 0 Å². The maximum absolute atomic E-state index is 5.13. The molecule has 1 fully saturated rings. The summed E-state index contributed by atoms with van der Waals surface area (Å²) < 4.78 is 0. The minimum atomic E-state index is 0.491. The van der Waals surface area contributed by atoms with Crippen molar-refractivity contribution < 1.29 is 4.84 Å². The fourth-order valence-corrected chi connectivity index (χ4v) is 3.19. The molecular weight excluding hydrogens is 174 g/mol. The van der Waals surface area contributed by atoms with E-state index in [-0.39, 0.29) is 0 Å². The Kier molecular flexibility index (Phi) is 2.44. The second kappa shape index (κ2) is 3.35. The Balaban J connectivity index is 2.10. The van der Waals surface area contributed by atoms with Crippen molar-refractivity contribution in [2.75, 3.05) is 6.61 Å². The number of allylic oxidation sites excluding steroid dienone is 1. The lowest BCUT2D eigenvalue weighted by molar-refractivity contribution is -0.0175. The number of fused-ring (bicyclic) bond motifs is 1. The Labute approximate surface area is 86.5 Å². The fraction of sp³-hybridized carbons (Fsp3) is 0.833. The van der Waals surface area contributed by atoms with E-state index in [1.807, 2.05) is 0 Å². The summed E-state index contributed by atoms with van der Waals surface area (Å²) in [5, 5.41) is 0. The van der Waals surface area contributed by atoms with Crippen LogP contribution in [-0.4, -0.2) is 6.61 Å². The third-order valence-electron chi connectivity index (χ3n) is 4.43. The van der Waals surface area contributed by atoms with E-state index in [1.54, 1.807) is 5.57 Å². The van der Waals surface area contributed by atoms with E-state index in [0.29, 0.717) is 17.9 Å². The predicted molar refractivity (Wildman–Crippen MR) is 57.4 cm³/mol. The van der Waals surface area contributed by atoms with Crippen LogP contribution in [0.3, 0.4) is 0 Å². The van der Waals surface area contributed by atoms with Crippen LogP contribution in [-0.2, 0) is 4.84 Å². The molecule has 2 heteroatoms. The highest BCUT2D eigenvalue weighted by atomic mass is 16.6. The highest BCUT2D eigenvalue weighted by molar-refractivity contribution is 5.24. The van der Waals surface area contributed by atoms with E-state index in [9.17, 15) is 0 Å². The lowest BCUT2D eigenvalue weighted by Crippen LogP contribution is -2.49. The second-order valence-corrected chi connectivity index (χ2v) is 5.48. The van der Waals surface area contributed by atoms with Crippen molar-refractivity contribution in [2.24, 2.45) is 29.1 Å². The quantitative estimate of drug-likeness (QED) is 0.554. The minimum Gasteiger partial charge on any atom is -0.304 e. The first-order chi connectivity index (χ1) is 6.57. The summed E-state index contributed by atoms with van der Waals surface area (Å²) in [6.45, 7) is 7.67. The van der Waals surface area contributed by atoms with E-state index in [2.05, 4.69) is 26.8 Å². The first kappa shape index (κ1) is 10.2. The maximum Gasteiger partial charge on any atom is 0.0741 e. The zero-order chi connectivity index (χ0) is 10.3. The van der Waals surface area contributed by atoms with Crippen LogP contribution in [0, 0.1) is 23.2 Å². The highest BCUT2D eigenvalue weighted by Crippen LogP contribution is 2.60. The molecule has 0 heterocycles. The molecule has 3 unspecified atom stereocenters. The average molecular weight is 195 g/mol. The summed E-state index contributed by atoms with van der Waals surface area (Å²) in [4.78, 5) is 4.75. The zero-order valence-corrected chi connectivity index (χ0v) is 9.42. The summed E-state index contributed by atoms with van der Waals surface area (Å²) in [6.07, 6.45) is 5.06. The van der Waals surface area contributed by atoms with Gasteiger partial charge in [0.15, 0.2) is 0 Å². The van der Waals surface area contributed by atoms with Crippen LogP contribution in [0.5, 0.6) is 0 Å². The molecule has 14 heavy (non-hydrogen) atoms. The highest BCUT2D eigenvalue weighted by Gasteiger charge is 2.51. The molecule has 2 bridgehead atoms. The molecule has 0 saturated heterocycles. The van der Waals surface area contributed by atoms with Crippen molar-refractivity contribution >= 4 is 0 Å². The van der Waals surface area contributed by atoms with Crippen LogP contribution >= 0.6 is 0 Å². The van der Waals surface area contributed by atoms with E-state index in [1.165, 1.54) is 12.8 Å². The van der Waals surface area contributed by atoms with Crippen molar-refractivity contribution in [3.05, 3.63) is 11.6 Å². The normalized spacial score (nSPS) is 35.9. The van der Waals surface area contributed by atoms with Crippen molar-refractivity contribution in [1.29, 1.82) is 0 Å². The Morgan fingerprint density at radius 1 is 1.64 bits per heavy atom. The number of hydrogen-bond donors (Lipinski definition) is 1. The van der Waals surface area contributed by atoms with Gasteiger partial charge in [-0.2, -0.15) is 0 Å². The fourth-order valence-electron chi connectivity index (χ4n) is 3.19. The Bertz CT molecular complexity index is 257. The van der Waals surface area contributed by atoms with Crippen LogP contribution in [0.1, 0.15) is 33.6 Å². The Morgan fingerprint density at radius 2 is 2.36 bits per heavy atom. The molecule has 0 aliphatic heterocycles. The smallest absolute Gasteiger partial charge is 0.0741 e. The van der Waals surface area contributed by atoms with Gasteiger partial charge in [-0.3, -0.25) is 0 Å². The van der Waals surface area contributed by atoms with Crippen LogP contribution in [0.15, 0.2) is 11.6 Å².